The number of hydrogen-bond acceptors (Lipinski definition) is 4. The summed E-state index contributed by atoms with van der Waals surface area (Å²) in [4.78, 5) is 19.5. The van der Waals surface area contributed by atoms with Crippen molar-refractivity contribution >= 4 is 28.8 Å². The zero-order valence-corrected chi connectivity index (χ0v) is 17.5. The molecular weight excluding hydrogens is 356 g/mol. The Kier molecular flexibility index (Phi) is 10.1. The second-order valence-electron chi connectivity index (χ2n) is 7.32. The van der Waals surface area contributed by atoms with Crippen molar-refractivity contribution in [2.24, 2.45) is 0 Å². The molecule has 27 heavy (non-hydrogen) atoms. The van der Waals surface area contributed by atoms with Crippen LogP contribution in [0.15, 0.2) is 18.3 Å². The molecule has 1 aromatic heterocycles. The molecule has 1 aromatic rings. The fourth-order valence-electron chi connectivity index (χ4n) is 3.39. The predicted octanol–water partition coefficient (Wildman–Crippen LogP) is 4.77. The molecule has 1 saturated heterocycles. The Morgan fingerprint density at radius 3 is 2.44 bits per heavy atom. The number of hydrazine groups is 1. The van der Waals surface area contributed by atoms with Crippen LogP contribution in [0.5, 0.6) is 0 Å². The highest BCUT2D eigenvalue weighted by Gasteiger charge is 2.15. The molecule has 1 fully saturated rings. The molecule has 0 spiro atoms. The molecule has 1 aliphatic heterocycles. The summed E-state index contributed by atoms with van der Waals surface area (Å²) in [5.74, 6) is -0.241. The molecule has 0 atom stereocenters. The van der Waals surface area contributed by atoms with Gasteiger partial charge in [0.25, 0.3) is 5.91 Å². The third kappa shape index (κ3) is 8.24. The Morgan fingerprint density at radius 1 is 1.07 bits per heavy atom. The van der Waals surface area contributed by atoms with Gasteiger partial charge in [0.2, 0.25) is 0 Å². The summed E-state index contributed by atoms with van der Waals surface area (Å²) in [6.07, 6.45) is 15.1. The standard InChI is InChI=1S/C21H34N4OS/c1-2-3-4-5-6-7-8-9-12-20(27)23-24-21(26)19-17-18(13-14-22-19)25-15-10-11-16-25/h13-14,17H,2-12,15-16H2,1H3,(H,23,27)(H,24,26). The molecule has 0 radical (unpaired) electrons. The van der Waals surface area contributed by atoms with E-state index in [2.05, 4.69) is 27.7 Å². The molecule has 2 rings (SSSR count). The van der Waals surface area contributed by atoms with Crippen molar-refractivity contribution < 1.29 is 4.79 Å². The van der Waals surface area contributed by atoms with Gasteiger partial charge in [-0.1, -0.05) is 64.1 Å². The van der Waals surface area contributed by atoms with Gasteiger partial charge in [0, 0.05) is 25.0 Å². The largest absolute Gasteiger partial charge is 0.371 e. The van der Waals surface area contributed by atoms with Gasteiger partial charge >= 0.3 is 0 Å². The average Bonchev–Trinajstić information content (AvgIpc) is 3.23. The third-order valence-electron chi connectivity index (χ3n) is 5.02. The highest BCUT2D eigenvalue weighted by molar-refractivity contribution is 7.80. The minimum Gasteiger partial charge on any atom is -0.371 e. The highest BCUT2D eigenvalue weighted by atomic mass is 32.1. The number of amides is 1. The second-order valence-corrected chi connectivity index (χ2v) is 7.81. The van der Waals surface area contributed by atoms with Crippen LogP contribution in [-0.4, -0.2) is 29.0 Å². The maximum atomic E-state index is 12.3. The van der Waals surface area contributed by atoms with Gasteiger partial charge in [-0.05, 0) is 37.8 Å². The van der Waals surface area contributed by atoms with E-state index in [4.69, 9.17) is 12.2 Å². The number of pyridine rings is 1. The number of hydrogen-bond donors (Lipinski definition) is 2. The van der Waals surface area contributed by atoms with Gasteiger partial charge in [-0.25, -0.2) is 0 Å². The van der Waals surface area contributed by atoms with Crippen molar-refractivity contribution in [1.29, 1.82) is 0 Å². The zero-order chi connectivity index (χ0) is 19.3. The first kappa shape index (κ1) is 21.6. The van der Waals surface area contributed by atoms with Crippen molar-refractivity contribution in [3.8, 4) is 0 Å². The Morgan fingerprint density at radius 2 is 1.74 bits per heavy atom. The SMILES string of the molecule is CCCCCCCCCCC(=S)NNC(=O)c1cc(N2CCCC2)ccn1. The molecule has 0 unspecified atom stereocenters. The molecule has 6 heteroatoms. The van der Waals surface area contributed by atoms with Gasteiger partial charge in [0.1, 0.15) is 5.69 Å². The van der Waals surface area contributed by atoms with Gasteiger partial charge < -0.3 is 4.90 Å². The van der Waals surface area contributed by atoms with Crippen LogP contribution >= 0.6 is 12.2 Å². The van der Waals surface area contributed by atoms with Crippen molar-refractivity contribution in [2.45, 2.75) is 77.6 Å². The number of rotatable bonds is 11. The molecule has 5 nitrogen and oxygen atoms in total. The van der Waals surface area contributed by atoms with E-state index in [1.54, 1.807) is 6.20 Å². The van der Waals surface area contributed by atoms with Crippen LogP contribution in [0.3, 0.4) is 0 Å². The summed E-state index contributed by atoms with van der Waals surface area (Å²) < 4.78 is 0. The molecule has 0 aromatic carbocycles. The minimum atomic E-state index is -0.241. The topological polar surface area (TPSA) is 57.3 Å². The lowest BCUT2D eigenvalue weighted by molar-refractivity contribution is 0.0939. The van der Waals surface area contributed by atoms with Crippen molar-refractivity contribution in [1.82, 2.24) is 15.8 Å². The minimum absolute atomic E-state index is 0.241. The summed E-state index contributed by atoms with van der Waals surface area (Å²) in [5.41, 5.74) is 7.03. The van der Waals surface area contributed by atoms with Crippen LogP contribution in [-0.2, 0) is 0 Å². The zero-order valence-electron chi connectivity index (χ0n) is 16.6. The van der Waals surface area contributed by atoms with Crippen LogP contribution < -0.4 is 15.8 Å². The van der Waals surface area contributed by atoms with Gasteiger partial charge in [0.15, 0.2) is 0 Å². The van der Waals surface area contributed by atoms with Crippen LogP contribution in [0.2, 0.25) is 0 Å². The summed E-state index contributed by atoms with van der Waals surface area (Å²) in [6.45, 7) is 4.34. The first-order valence-corrected chi connectivity index (χ1v) is 10.9. The number of thiocarbonyl (C=S) groups is 1. The molecule has 0 saturated carbocycles. The molecule has 150 valence electrons. The fraction of sp³-hybridized carbons (Fsp3) is 0.667. The van der Waals surface area contributed by atoms with Gasteiger partial charge in [-0.3, -0.25) is 20.6 Å². The van der Waals surface area contributed by atoms with Crippen LogP contribution in [0, 0.1) is 0 Å². The van der Waals surface area contributed by atoms with E-state index < -0.39 is 0 Å². The number of carbonyl (C=O) groups excluding carboxylic acids is 1. The number of unbranched alkanes of at least 4 members (excludes halogenated alkanes) is 7. The van der Waals surface area contributed by atoms with Crippen LogP contribution in [0.4, 0.5) is 5.69 Å². The lowest BCUT2D eigenvalue weighted by Crippen LogP contribution is -2.41. The highest BCUT2D eigenvalue weighted by Crippen LogP contribution is 2.20. The average molecular weight is 391 g/mol. The van der Waals surface area contributed by atoms with E-state index in [0.717, 1.165) is 31.6 Å². The van der Waals surface area contributed by atoms with Gasteiger partial charge in [-0.15, -0.1) is 0 Å². The first-order valence-electron chi connectivity index (χ1n) is 10.5. The fourth-order valence-corrected chi connectivity index (χ4v) is 3.58. The van der Waals surface area contributed by atoms with Crippen molar-refractivity contribution in [3.63, 3.8) is 0 Å². The van der Waals surface area contributed by atoms with Gasteiger partial charge in [0.05, 0.1) is 4.99 Å². The van der Waals surface area contributed by atoms with Crippen molar-refractivity contribution in [3.05, 3.63) is 24.0 Å². The summed E-state index contributed by atoms with van der Waals surface area (Å²) >= 11 is 5.32. The number of nitrogens with one attached hydrogen (secondary N) is 2. The third-order valence-corrected chi connectivity index (χ3v) is 5.33. The molecule has 0 aliphatic carbocycles. The second kappa shape index (κ2) is 12.7. The molecule has 2 heterocycles. The quantitative estimate of drug-likeness (QED) is 0.324. The summed E-state index contributed by atoms with van der Waals surface area (Å²) in [6, 6.07) is 3.81. The smallest absolute Gasteiger partial charge is 0.288 e. The number of nitrogens with zero attached hydrogens (tertiary/aromatic N) is 2. The number of aromatic nitrogens is 1. The molecule has 2 N–H and O–H groups in total. The van der Waals surface area contributed by atoms with Crippen molar-refractivity contribution in [2.75, 3.05) is 18.0 Å². The molecule has 1 aliphatic rings. The van der Waals surface area contributed by atoms with Crippen LogP contribution in [0.25, 0.3) is 0 Å². The van der Waals surface area contributed by atoms with Crippen LogP contribution in [0.1, 0.15) is 88.0 Å². The van der Waals surface area contributed by atoms with E-state index in [9.17, 15) is 4.79 Å². The number of carbonyl (C=O) groups is 1. The Hall–Kier alpha value is -1.69. The van der Waals surface area contributed by atoms with E-state index in [-0.39, 0.29) is 5.91 Å². The predicted molar refractivity (Wildman–Crippen MR) is 116 cm³/mol. The molecule has 0 bridgehead atoms. The monoisotopic (exact) mass is 390 g/mol. The summed E-state index contributed by atoms with van der Waals surface area (Å²) in [5, 5.41) is 0. The Balaban J connectivity index is 1.61. The maximum Gasteiger partial charge on any atom is 0.288 e. The molecular formula is C21H34N4OS. The van der Waals surface area contributed by atoms with E-state index >= 15 is 0 Å². The summed E-state index contributed by atoms with van der Waals surface area (Å²) in [7, 11) is 0. The van der Waals surface area contributed by atoms with E-state index in [1.165, 1.54) is 57.8 Å². The lowest BCUT2D eigenvalue weighted by Gasteiger charge is -2.17. The maximum absolute atomic E-state index is 12.3. The normalized spacial score (nSPS) is 13.6. The Labute approximate surface area is 169 Å². The first-order chi connectivity index (χ1) is 13.2. The number of anilines is 1. The lowest BCUT2D eigenvalue weighted by atomic mass is 10.1. The molecule has 1 amide bonds. The van der Waals surface area contributed by atoms with E-state index in [1.807, 2.05) is 12.1 Å². The van der Waals surface area contributed by atoms with Gasteiger partial charge in [-0.2, -0.15) is 0 Å². The van der Waals surface area contributed by atoms with E-state index in [0.29, 0.717) is 10.7 Å². The Bertz CT molecular complexity index is 587.